The largest absolute Gasteiger partial charge is 0.396 e. The Kier molecular flexibility index (Phi) is 4.66. The van der Waals surface area contributed by atoms with E-state index in [9.17, 15) is 9.59 Å². The van der Waals surface area contributed by atoms with Crippen LogP contribution in [0.15, 0.2) is 18.2 Å². The Balaban J connectivity index is 1.79. The van der Waals surface area contributed by atoms with Gasteiger partial charge in [0.2, 0.25) is 5.91 Å². The summed E-state index contributed by atoms with van der Waals surface area (Å²) in [5, 5.41) is 9.01. The molecular weight excluding hydrogens is 292 g/mol. The fourth-order valence-electron chi connectivity index (χ4n) is 3.69. The minimum Gasteiger partial charge on any atom is -0.396 e. The second-order valence-corrected chi connectivity index (χ2v) is 6.46. The molecule has 5 nitrogen and oxygen atoms in total. The van der Waals surface area contributed by atoms with Crippen molar-refractivity contribution >= 4 is 17.5 Å². The number of rotatable bonds is 4. The number of aliphatic hydroxyl groups is 1. The van der Waals surface area contributed by atoms with Gasteiger partial charge >= 0.3 is 0 Å². The number of aryl methyl sites for hydroxylation is 1. The molecule has 1 N–H and O–H groups in total. The van der Waals surface area contributed by atoms with E-state index in [0.29, 0.717) is 18.4 Å². The van der Waals surface area contributed by atoms with Crippen LogP contribution >= 0.6 is 0 Å². The van der Waals surface area contributed by atoms with Gasteiger partial charge in [-0.15, -0.1) is 0 Å². The van der Waals surface area contributed by atoms with Gasteiger partial charge in [-0.25, -0.2) is 0 Å². The number of nitrogens with zero attached hydrogens (tertiary/aromatic N) is 2. The van der Waals surface area contributed by atoms with E-state index in [-0.39, 0.29) is 24.5 Å². The maximum absolute atomic E-state index is 12.8. The average molecular weight is 316 g/mol. The van der Waals surface area contributed by atoms with E-state index in [0.717, 1.165) is 43.5 Å². The van der Waals surface area contributed by atoms with Crippen molar-refractivity contribution < 1.29 is 14.7 Å². The highest BCUT2D eigenvalue weighted by Crippen LogP contribution is 2.29. The molecule has 2 amide bonds. The first-order valence-electron chi connectivity index (χ1n) is 8.43. The quantitative estimate of drug-likeness (QED) is 0.924. The lowest BCUT2D eigenvalue weighted by atomic mass is 9.98. The standard InChI is InChI=1S/C18H24N2O3/c1-19-16-8-6-14(12-13(16)7-9-17(19)22)18(23)20-10-2-4-15(20)5-3-11-21/h6,8,12,15,21H,2-5,7,9-11H2,1H3. The van der Waals surface area contributed by atoms with Crippen LogP contribution in [0.3, 0.4) is 0 Å². The van der Waals surface area contributed by atoms with E-state index >= 15 is 0 Å². The first-order chi connectivity index (χ1) is 11.1. The summed E-state index contributed by atoms with van der Waals surface area (Å²) in [6, 6.07) is 5.91. The monoisotopic (exact) mass is 316 g/mol. The number of benzene rings is 1. The maximum atomic E-state index is 12.8. The fraction of sp³-hybridized carbons (Fsp3) is 0.556. The SMILES string of the molecule is CN1C(=O)CCc2cc(C(=O)N3CCCC3CCCO)ccc21. The third-order valence-electron chi connectivity index (χ3n) is 5.00. The van der Waals surface area contributed by atoms with E-state index in [1.165, 1.54) is 0 Å². The van der Waals surface area contributed by atoms with Crippen molar-refractivity contribution in [3.05, 3.63) is 29.3 Å². The van der Waals surface area contributed by atoms with Gasteiger partial charge in [-0.05, 0) is 55.9 Å². The summed E-state index contributed by atoms with van der Waals surface area (Å²) in [4.78, 5) is 28.2. The molecule has 2 heterocycles. The second-order valence-electron chi connectivity index (χ2n) is 6.46. The average Bonchev–Trinajstić information content (AvgIpc) is 3.03. The van der Waals surface area contributed by atoms with E-state index < -0.39 is 0 Å². The molecule has 0 radical (unpaired) electrons. The van der Waals surface area contributed by atoms with Gasteiger partial charge in [-0.3, -0.25) is 9.59 Å². The van der Waals surface area contributed by atoms with Crippen molar-refractivity contribution in [3.63, 3.8) is 0 Å². The van der Waals surface area contributed by atoms with Crippen molar-refractivity contribution in [2.75, 3.05) is 25.1 Å². The van der Waals surface area contributed by atoms with Crippen LogP contribution in [0.4, 0.5) is 5.69 Å². The molecular formula is C18H24N2O3. The zero-order chi connectivity index (χ0) is 16.4. The van der Waals surface area contributed by atoms with Crippen molar-refractivity contribution in [1.29, 1.82) is 0 Å². The summed E-state index contributed by atoms with van der Waals surface area (Å²) in [6.07, 6.45) is 4.87. The summed E-state index contributed by atoms with van der Waals surface area (Å²) >= 11 is 0. The van der Waals surface area contributed by atoms with Crippen molar-refractivity contribution in [1.82, 2.24) is 4.90 Å². The number of likely N-dealkylation sites (tertiary alicyclic amines) is 1. The number of aliphatic hydroxyl groups excluding tert-OH is 1. The fourth-order valence-corrected chi connectivity index (χ4v) is 3.69. The highest BCUT2D eigenvalue weighted by atomic mass is 16.3. The van der Waals surface area contributed by atoms with Crippen LogP contribution in [-0.2, 0) is 11.2 Å². The molecule has 1 fully saturated rings. The highest BCUT2D eigenvalue weighted by Gasteiger charge is 2.30. The van der Waals surface area contributed by atoms with Gasteiger partial charge in [0, 0.05) is 43.9 Å². The number of hydrogen-bond donors (Lipinski definition) is 1. The Morgan fingerprint density at radius 3 is 2.96 bits per heavy atom. The molecule has 1 atom stereocenters. The predicted molar refractivity (Wildman–Crippen MR) is 88.6 cm³/mol. The first kappa shape index (κ1) is 16.0. The normalized spacial score (nSPS) is 20.8. The van der Waals surface area contributed by atoms with E-state index in [1.54, 1.807) is 11.9 Å². The molecule has 1 unspecified atom stereocenters. The van der Waals surface area contributed by atoms with Crippen LogP contribution in [0.2, 0.25) is 0 Å². The number of amides is 2. The molecule has 1 aromatic carbocycles. The van der Waals surface area contributed by atoms with Crippen LogP contribution in [0.25, 0.3) is 0 Å². The van der Waals surface area contributed by atoms with Crippen LogP contribution < -0.4 is 4.90 Å². The lowest BCUT2D eigenvalue weighted by molar-refractivity contribution is -0.118. The Hall–Kier alpha value is -1.88. The van der Waals surface area contributed by atoms with Gasteiger partial charge in [0.25, 0.3) is 5.91 Å². The summed E-state index contributed by atoms with van der Waals surface area (Å²) in [7, 11) is 1.78. The van der Waals surface area contributed by atoms with Crippen LogP contribution in [0, 0.1) is 0 Å². The Labute approximate surface area is 136 Å². The van der Waals surface area contributed by atoms with Gasteiger partial charge in [0.15, 0.2) is 0 Å². The Bertz CT molecular complexity index is 614. The minimum absolute atomic E-state index is 0.0767. The van der Waals surface area contributed by atoms with Gasteiger partial charge in [0.1, 0.15) is 0 Å². The molecule has 23 heavy (non-hydrogen) atoms. The third kappa shape index (κ3) is 3.11. The topological polar surface area (TPSA) is 60.9 Å². The van der Waals surface area contributed by atoms with Crippen LogP contribution in [-0.4, -0.2) is 48.1 Å². The molecule has 0 bridgehead atoms. The summed E-state index contributed by atoms with van der Waals surface area (Å²) < 4.78 is 0. The number of fused-ring (bicyclic) bond motifs is 1. The van der Waals surface area contributed by atoms with Gasteiger partial charge in [-0.2, -0.15) is 0 Å². The minimum atomic E-state index is 0.0767. The molecule has 0 aliphatic carbocycles. The lowest BCUT2D eigenvalue weighted by Gasteiger charge is -2.28. The number of carbonyl (C=O) groups excluding carboxylic acids is 2. The van der Waals surface area contributed by atoms with Gasteiger partial charge in [-0.1, -0.05) is 0 Å². The number of hydrogen-bond acceptors (Lipinski definition) is 3. The molecule has 0 saturated carbocycles. The molecule has 124 valence electrons. The molecule has 1 aromatic rings. The molecule has 5 heteroatoms. The van der Waals surface area contributed by atoms with Gasteiger partial charge in [0.05, 0.1) is 0 Å². The molecule has 1 saturated heterocycles. The zero-order valence-corrected chi connectivity index (χ0v) is 13.6. The van der Waals surface area contributed by atoms with Crippen molar-refractivity contribution in [2.24, 2.45) is 0 Å². The van der Waals surface area contributed by atoms with Crippen LogP contribution in [0.1, 0.15) is 48.0 Å². The molecule has 2 aliphatic heterocycles. The molecule has 3 rings (SSSR count). The molecule has 2 aliphatic rings. The predicted octanol–water partition coefficient (Wildman–Crippen LogP) is 1.97. The Morgan fingerprint density at radius 1 is 1.35 bits per heavy atom. The van der Waals surface area contributed by atoms with E-state index in [1.807, 2.05) is 23.1 Å². The highest BCUT2D eigenvalue weighted by molar-refractivity contribution is 5.99. The summed E-state index contributed by atoms with van der Waals surface area (Å²) in [5.41, 5.74) is 2.70. The summed E-state index contributed by atoms with van der Waals surface area (Å²) in [6.45, 7) is 0.974. The molecule has 0 aromatic heterocycles. The van der Waals surface area contributed by atoms with Crippen molar-refractivity contribution in [3.8, 4) is 0 Å². The smallest absolute Gasteiger partial charge is 0.254 e. The van der Waals surface area contributed by atoms with E-state index in [2.05, 4.69) is 0 Å². The second kappa shape index (κ2) is 6.71. The maximum Gasteiger partial charge on any atom is 0.254 e. The number of carbonyl (C=O) groups is 2. The third-order valence-corrected chi connectivity index (χ3v) is 5.00. The van der Waals surface area contributed by atoms with E-state index in [4.69, 9.17) is 5.11 Å². The van der Waals surface area contributed by atoms with Crippen LogP contribution in [0.5, 0.6) is 0 Å². The summed E-state index contributed by atoms with van der Waals surface area (Å²) in [5.74, 6) is 0.202. The van der Waals surface area contributed by atoms with Crippen molar-refractivity contribution in [2.45, 2.75) is 44.6 Å². The number of anilines is 1. The zero-order valence-electron chi connectivity index (χ0n) is 13.6. The molecule has 0 spiro atoms. The van der Waals surface area contributed by atoms with Gasteiger partial charge < -0.3 is 14.9 Å². The first-order valence-corrected chi connectivity index (χ1v) is 8.43. The lowest BCUT2D eigenvalue weighted by Crippen LogP contribution is -2.36. The Morgan fingerprint density at radius 2 is 2.17 bits per heavy atom.